The van der Waals surface area contributed by atoms with Crippen molar-refractivity contribution in [2.45, 2.75) is 12.7 Å². The molecule has 9 heteroatoms. The SMILES string of the molecule is Cn1nc(C(F)(F)F)cc1C(=O)N1CCN(Cc2ccccc2F)CC1. The highest BCUT2D eigenvalue weighted by Crippen LogP contribution is 2.28. The van der Waals surface area contributed by atoms with Gasteiger partial charge in [-0.1, -0.05) is 18.2 Å². The van der Waals surface area contributed by atoms with Gasteiger partial charge in [-0.15, -0.1) is 0 Å². The minimum atomic E-state index is -4.59. The standard InChI is InChI=1S/C17H18F4N4O/c1-23-14(10-15(22-23)17(19,20)21)16(26)25-8-6-24(7-9-25)11-12-4-2-3-5-13(12)18/h2-5,10H,6-9,11H2,1H3. The highest BCUT2D eigenvalue weighted by atomic mass is 19.4. The molecule has 0 spiro atoms. The lowest BCUT2D eigenvalue weighted by atomic mass is 10.2. The number of aromatic nitrogens is 2. The van der Waals surface area contributed by atoms with Crippen molar-refractivity contribution >= 4 is 5.91 Å². The molecule has 26 heavy (non-hydrogen) atoms. The summed E-state index contributed by atoms with van der Waals surface area (Å²) in [7, 11) is 1.32. The van der Waals surface area contributed by atoms with E-state index in [1.165, 1.54) is 18.0 Å². The number of carbonyl (C=O) groups is 1. The number of hydrogen-bond donors (Lipinski definition) is 0. The molecule has 5 nitrogen and oxygen atoms in total. The van der Waals surface area contributed by atoms with E-state index in [1.807, 2.05) is 4.90 Å². The Hall–Kier alpha value is -2.42. The van der Waals surface area contributed by atoms with Crippen LogP contribution in [0.25, 0.3) is 0 Å². The molecule has 2 aromatic rings. The van der Waals surface area contributed by atoms with Crippen molar-refractivity contribution in [2.75, 3.05) is 26.2 Å². The quantitative estimate of drug-likeness (QED) is 0.780. The Balaban J connectivity index is 1.62. The lowest BCUT2D eigenvalue weighted by molar-refractivity contribution is -0.141. The maximum absolute atomic E-state index is 13.7. The van der Waals surface area contributed by atoms with Gasteiger partial charge < -0.3 is 4.90 Å². The molecule has 1 fully saturated rings. The van der Waals surface area contributed by atoms with Crippen molar-refractivity contribution in [1.29, 1.82) is 0 Å². The monoisotopic (exact) mass is 370 g/mol. The second kappa shape index (κ2) is 7.06. The Morgan fingerprint density at radius 2 is 1.81 bits per heavy atom. The number of halogens is 4. The van der Waals surface area contributed by atoms with Gasteiger partial charge in [0, 0.05) is 51.4 Å². The summed E-state index contributed by atoms with van der Waals surface area (Å²) < 4.78 is 52.9. The molecule has 1 saturated heterocycles. The van der Waals surface area contributed by atoms with E-state index in [2.05, 4.69) is 5.10 Å². The number of alkyl halides is 3. The normalized spacial score (nSPS) is 16.1. The van der Waals surface area contributed by atoms with Crippen LogP contribution in [0.5, 0.6) is 0 Å². The van der Waals surface area contributed by atoms with Gasteiger partial charge in [0.1, 0.15) is 11.5 Å². The summed E-state index contributed by atoms with van der Waals surface area (Å²) in [6.45, 7) is 2.19. The molecule has 2 heterocycles. The van der Waals surface area contributed by atoms with Crippen molar-refractivity contribution in [1.82, 2.24) is 19.6 Å². The lowest BCUT2D eigenvalue weighted by Crippen LogP contribution is -2.48. The smallest absolute Gasteiger partial charge is 0.335 e. The molecular formula is C17H18F4N4O. The van der Waals surface area contributed by atoms with E-state index in [0.29, 0.717) is 38.3 Å². The molecule has 0 saturated carbocycles. The number of amides is 1. The number of benzene rings is 1. The average Bonchev–Trinajstić information content (AvgIpc) is 2.99. The van der Waals surface area contributed by atoms with Crippen LogP contribution in [0, 0.1) is 5.82 Å². The van der Waals surface area contributed by atoms with Crippen LogP contribution in [0.2, 0.25) is 0 Å². The van der Waals surface area contributed by atoms with Crippen LogP contribution in [0.4, 0.5) is 17.6 Å². The topological polar surface area (TPSA) is 41.4 Å². The third-order valence-electron chi connectivity index (χ3n) is 4.40. The Morgan fingerprint density at radius 3 is 2.38 bits per heavy atom. The summed E-state index contributed by atoms with van der Waals surface area (Å²) in [5, 5.41) is 3.37. The fraction of sp³-hybridized carbons (Fsp3) is 0.412. The van der Waals surface area contributed by atoms with E-state index >= 15 is 0 Å². The first-order chi connectivity index (χ1) is 12.3. The van der Waals surface area contributed by atoms with Crippen LogP contribution in [0.1, 0.15) is 21.7 Å². The molecule has 1 amide bonds. The summed E-state index contributed by atoms with van der Waals surface area (Å²) in [5.74, 6) is -0.762. The van der Waals surface area contributed by atoms with Gasteiger partial charge in [-0.3, -0.25) is 14.4 Å². The summed E-state index contributed by atoms with van der Waals surface area (Å²) >= 11 is 0. The molecule has 0 radical (unpaired) electrons. The summed E-state index contributed by atoms with van der Waals surface area (Å²) in [4.78, 5) is 16.0. The number of piperazine rings is 1. The molecular weight excluding hydrogens is 352 g/mol. The van der Waals surface area contributed by atoms with Crippen LogP contribution < -0.4 is 0 Å². The third-order valence-corrected chi connectivity index (χ3v) is 4.40. The Labute approximate surface area is 147 Å². The van der Waals surface area contributed by atoms with Crippen LogP contribution in [0.15, 0.2) is 30.3 Å². The molecule has 140 valence electrons. The molecule has 1 aliphatic heterocycles. The van der Waals surface area contributed by atoms with Crippen molar-refractivity contribution in [3.8, 4) is 0 Å². The molecule has 0 unspecified atom stereocenters. The first kappa shape index (κ1) is 18.4. The van der Waals surface area contributed by atoms with Gasteiger partial charge >= 0.3 is 6.18 Å². The number of nitrogens with zero attached hydrogens (tertiary/aromatic N) is 4. The van der Waals surface area contributed by atoms with Crippen LogP contribution in [-0.4, -0.2) is 51.7 Å². The second-order valence-corrected chi connectivity index (χ2v) is 6.20. The van der Waals surface area contributed by atoms with Gasteiger partial charge in [0.15, 0.2) is 5.69 Å². The predicted octanol–water partition coefficient (Wildman–Crippen LogP) is 2.54. The number of carbonyl (C=O) groups excluding carboxylic acids is 1. The van der Waals surface area contributed by atoms with Gasteiger partial charge in [-0.05, 0) is 6.07 Å². The zero-order valence-electron chi connectivity index (χ0n) is 14.1. The number of aryl methyl sites for hydroxylation is 1. The second-order valence-electron chi connectivity index (χ2n) is 6.20. The van der Waals surface area contributed by atoms with Gasteiger partial charge in [0.05, 0.1) is 0 Å². The van der Waals surface area contributed by atoms with Crippen LogP contribution in [-0.2, 0) is 19.8 Å². The molecule has 0 N–H and O–H groups in total. The van der Waals surface area contributed by atoms with Crippen molar-refractivity contribution < 1.29 is 22.4 Å². The van der Waals surface area contributed by atoms with Crippen molar-refractivity contribution in [3.63, 3.8) is 0 Å². The lowest BCUT2D eigenvalue weighted by Gasteiger charge is -2.34. The first-order valence-corrected chi connectivity index (χ1v) is 8.12. The van der Waals surface area contributed by atoms with Gasteiger partial charge in [-0.25, -0.2) is 4.39 Å². The molecule has 1 aromatic carbocycles. The Kier molecular flexibility index (Phi) is 4.99. The van der Waals surface area contributed by atoms with Gasteiger partial charge in [0.25, 0.3) is 5.91 Å². The number of rotatable bonds is 3. The summed E-state index contributed by atoms with van der Waals surface area (Å²) in [5.41, 5.74) is -0.602. The average molecular weight is 370 g/mol. The van der Waals surface area contributed by atoms with E-state index in [0.717, 1.165) is 10.7 Å². The fourth-order valence-corrected chi connectivity index (χ4v) is 2.94. The molecule has 0 atom stereocenters. The summed E-state index contributed by atoms with van der Waals surface area (Å²) in [6, 6.07) is 7.27. The molecule has 3 rings (SSSR count). The molecule has 0 aliphatic carbocycles. The molecule has 0 bridgehead atoms. The Bertz CT molecular complexity index is 794. The van der Waals surface area contributed by atoms with Gasteiger partial charge in [0.2, 0.25) is 0 Å². The minimum absolute atomic E-state index is 0.0973. The zero-order valence-corrected chi connectivity index (χ0v) is 14.1. The highest BCUT2D eigenvalue weighted by Gasteiger charge is 2.36. The highest BCUT2D eigenvalue weighted by molar-refractivity contribution is 5.92. The minimum Gasteiger partial charge on any atom is -0.335 e. The Morgan fingerprint density at radius 1 is 1.15 bits per heavy atom. The molecule has 1 aliphatic rings. The van der Waals surface area contributed by atoms with Crippen LogP contribution in [0.3, 0.4) is 0 Å². The van der Waals surface area contributed by atoms with E-state index < -0.39 is 17.8 Å². The van der Waals surface area contributed by atoms with E-state index in [4.69, 9.17) is 0 Å². The third kappa shape index (κ3) is 3.87. The van der Waals surface area contributed by atoms with Crippen molar-refractivity contribution in [2.24, 2.45) is 7.05 Å². The maximum atomic E-state index is 13.7. The first-order valence-electron chi connectivity index (χ1n) is 8.12. The fourth-order valence-electron chi connectivity index (χ4n) is 2.94. The van der Waals surface area contributed by atoms with Gasteiger partial charge in [-0.2, -0.15) is 18.3 Å². The van der Waals surface area contributed by atoms with Crippen LogP contribution >= 0.6 is 0 Å². The summed E-state index contributed by atoms with van der Waals surface area (Å²) in [6.07, 6.45) is -4.59. The largest absolute Gasteiger partial charge is 0.435 e. The molecule has 1 aromatic heterocycles. The van der Waals surface area contributed by atoms with Crippen molar-refractivity contribution in [3.05, 3.63) is 53.1 Å². The number of hydrogen-bond acceptors (Lipinski definition) is 3. The zero-order chi connectivity index (χ0) is 18.9. The van der Waals surface area contributed by atoms with E-state index in [9.17, 15) is 22.4 Å². The van der Waals surface area contributed by atoms with E-state index in [-0.39, 0.29) is 11.5 Å². The maximum Gasteiger partial charge on any atom is 0.435 e. The van der Waals surface area contributed by atoms with E-state index in [1.54, 1.807) is 18.2 Å². The predicted molar refractivity (Wildman–Crippen MR) is 85.8 cm³/mol.